The highest BCUT2D eigenvalue weighted by atomic mass is 31.2. The summed E-state index contributed by atoms with van der Waals surface area (Å²) in [4.78, 5) is 23.4. The van der Waals surface area contributed by atoms with E-state index in [4.69, 9.17) is 9.05 Å². The Kier molecular flexibility index (Phi) is 60.7. The summed E-state index contributed by atoms with van der Waals surface area (Å²) >= 11 is 0. The minimum absolute atomic E-state index is 0.0793. The van der Waals surface area contributed by atoms with Crippen LogP contribution in [0.5, 0.6) is 0 Å². The van der Waals surface area contributed by atoms with Gasteiger partial charge in [-0.25, -0.2) is 4.57 Å². The molecule has 3 unspecified atom stereocenters. The Bertz CT molecular complexity index is 1230. The summed E-state index contributed by atoms with van der Waals surface area (Å²) in [5.41, 5.74) is 0. The number of aliphatic hydroxyl groups is 1. The maximum Gasteiger partial charge on any atom is 0.472 e. The maximum absolute atomic E-state index is 13.1. The third kappa shape index (κ3) is 63.1. The molecule has 0 saturated carbocycles. The second-order valence-electron chi connectivity index (χ2n) is 26.0. The van der Waals surface area contributed by atoms with Crippen LogP contribution in [0.15, 0.2) is 0 Å². The Balaban J connectivity index is 3.86. The van der Waals surface area contributed by atoms with Gasteiger partial charge in [0.2, 0.25) is 5.91 Å². The summed E-state index contributed by atoms with van der Waals surface area (Å²) in [6.45, 7) is 4.96. The summed E-state index contributed by atoms with van der Waals surface area (Å²) in [7, 11) is 1.64. The van der Waals surface area contributed by atoms with Crippen LogP contribution in [0.2, 0.25) is 0 Å². The van der Waals surface area contributed by atoms with Crippen LogP contribution >= 0.6 is 7.82 Å². The van der Waals surface area contributed by atoms with Crippen molar-refractivity contribution in [2.75, 3.05) is 40.9 Å². The first-order chi connectivity index (χ1) is 38.0. The van der Waals surface area contributed by atoms with Gasteiger partial charge in [-0.15, -0.1) is 0 Å². The van der Waals surface area contributed by atoms with E-state index in [1.165, 1.54) is 321 Å². The number of rotatable bonds is 67. The van der Waals surface area contributed by atoms with Gasteiger partial charge >= 0.3 is 7.82 Å². The number of nitrogens with one attached hydrogen (secondary N) is 1. The van der Waals surface area contributed by atoms with Crippen molar-refractivity contribution in [3.8, 4) is 0 Å². The molecule has 1 amide bonds. The van der Waals surface area contributed by atoms with Crippen molar-refractivity contribution in [3.63, 3.8) is 0 Å². The zero-order valence-corrected chi connectivity index (χ0v) is 54.6. The van der Waals surface area contributed by atoms with Gasteiger partial charge in [-0.05, 0) is 12.8 Å². The Morgan fingerprint density at radius 2 is 0.615 bits per heavy atom. The lowest BCUT2D eigenvalue weighted by molar-refractivity contribution is -0.870. The van der Waals surface area contributed by atoms with E-state index in [-0.39, 0.29) is 19.1 Å². The van der Waals surface area contributed by atoms with Gasteiger partial charge in [-0.3, -0.25) is 13.8 Å². The molecule has 0 rings (SSSR count). The number of amides is 1. The van der Waals surface area contributed by atoms with E-state index < -0.39 is 20.0 Å². The highest BCUT2D eigenvalue weighted by Crippen LogP contribution is 2.43. The number of carbonyl (C=O) groups excluding carboxylic acids is 1. The molecule has 0 aromatic heterocycles. The van der Waals surface area contributed by atoms with E-state index in [1.54, 1.807) is 0 Å². The molecule has 0 spiro atoms. The number of quaternary nitrogens is 1. The van der Waals surface area contributed by atoms with Crippen molar-refractivity contribution in [3.05, 3.63) is 0 Å². The highest BCUT2D eigenvalue weighted by Gasteiger charge is 2.28. The summed E-state index contributed by atoms with van der Waals surface area (Å²) in [6.07, 6.45) is 76.5. The number of likely N-dealkylation sites (N-methyl/N-ethyl adjacent to an activating group) is 1. The minimum Gasteiger partial charge on any atom is -0.391 e. The van der Waals surface area contributed by atoms with Crippen LogP contribution in [-0.2, 0) is 18.4 Å². The van der Waals surface area contributed by atoms with Gasteiger partial charge in [0.1, 0.15) is 13.2 Å². The van der Waals surface area contributed by atoms with Crippen LogP contribution in [0.1, 0.15) is 386 Å². The van der Waals surface area contributed by atoms with Crippen LogP contribution in [0.4, 0.5) is 0 Å². The van der Waals surface area contributed by atoms with Gasteiger partial charge < -0.3 is 19.8 Å². The Morgan fingerprint density at radius 1 is 0.385 bits per heavy atom. The van der Waals surface area contributed by atoms with E-state index >= 15 is 0 Å². The first-order valence-electron chi connectivity index (χ1n) is 35.4. The summed E-state index contributed by atoms with van der Waals surface area (Å²) < 4.78 is 23.9. The van der Waals surface area contributed by atoms with Gasteiger partial charge in [-0.2, -0.15) is 0 Å². The van der Waals surface area contributed by atoms with E-state index in [0.717, 1.165) is 38.5 Å². The fourth-order valence-electron chi connectivity index (χ4n) is 11.3. The molecule has 468 valence electrons. The van der Waals surface area contributed by atoms with Gasteiger partial charge in [0.05, 0.1) is 39.9 Å². The number of nitrogens with zero attached hydrogens (tertiary/aromatic N) is 1. The number of phosphoric acid groups is 1. The summed E-state index contributed by atoms with van der Waals surface area (Å²) in [5, 5.41) is 14.1. The average molecular weight is 1130 g/mol. The van der Waals surface area contributed by atoms with Gasteiger partial charge in [0.25, 0.3) is 0 Å². The Morgan fingerprint density at radius 3 is 0.859 bits per heavy atom. The quantitative estimate of drug-likeness (QED) is 0.0318. The monoisotopic (exact) mass is 1130 g/mol. The maximum atomic E-state index is 13.1. The molecule has 0 aliphatic carbocycles. The van der Waals surface area contributed by atoms with Crippen LogP contribution in [-0.4, -0.2) is 73.4 Å². The third-order valence-corrected chi connectivity index (χ3v) is 17.8. The SMILES string of the molecule is CCCCCCCCCCCCCCCCCCCCCCCCCCCCCCCCCCCCCCCCC(=O)NC(COP(=O)(O)OCC[N+](C)(C)C)C(O)CCCCCCCCCCCCCCCCCCCC. The first kappa shape index (κ1) is 77.5. The summed E-state index contributed by atoms with van der Waals surface area (Å²) in [6, 6.07) is -0.756. The molecule has 0 aliphatic heterocycles. The van der Waals surface area contributed by atoms with Crippen molar-refractivity contribution in [1.29, 1.82) is 0 Å². The molecule has 0 heterocycles. The predicted octanol–water partition coefficient (Wildman–Crippen LogP) is 22.3. The Labute approximate surface area is 489 Å². The number of unbranched alkanes of at least 4 members (excludes halogenated alkanes) is 54. The highest BCUT2D eigenvalue weighted by molar-refractivity contribution is 7.47. The van der Waals surface area contributed by atoms with Crippen molar-refractivity contribution in [2.24, 2.45) is 0 Å². The number of aliphatic hydroxyl groups excluding tert-OH is 1. The fourth-order valence-corrected chi connectivity index (χ4v) is 12.1. The minimum atomic E-state index is -4.32. The molecular formula is C69H142N2O6P+. The zero-order chi connectivity index (χ0) is 57.0. The molecule has 0 aromatic rings. The van der Waals surface area contributed by atoms with Gasteiger partial charge in [-0.1, -0.05) is 367 Å². The molecular weight excluding hydrogens is 984 g/mol. The standard InChI is InChI=1S/C69H141N2O6P/c1-6-8-10-12-14-16-18-20-22-24-26-27-28-29-30-31-32-33-34-35-36-37-38-39-40-41-42-43-44-45-47-49-51-53-55-57-59-61-63-69(73)70-67(66-77-78(74,75)76-65-64-71(3,4)5)68(72)62-60-58-56-54-52-50-48-46-25-23-21-19-17-15-13-11-9-7-2/h67-68,72H,6-66H2,1-5H3,(H-,70,73,74,75)/p+1. The zero-order valence-electron chi connectivity index (χ0n) is 53.7. The second-order valence-corrected chi connectivity index (χ2v) is 27.4. The van der Waals surface area contributed by atoms with Crippen LogP contribution in [0.25, 0.3) is 0 Å². The van der Waals surface area contributed by atoms with Crippen molar-refractivity contribution >= 4 is 13.7 Å². The topological polar surface area (TPSA) is 105 Å². The summed E-state index contributed by atoms with van der Waals surface area (Å²) in [5.74, 6) is -0.134. The van der Waals surface area contributed by atoms with Gasteiger partial charge in [0, 0.05) is 6.42 Å². The molecule has 0 saturated heterocycles. The largest absolute Gasteiger partial charge is 0.472 e. The third-order valence-electron chi connectivity index (χ3n) is 16.9. The van der Waals surface area contributed by atoms with Gasteiger partial charge in [0.15, 0.2) is 0 Å². The molecule has 9 heteroatoms. The predicted molar refractivity (Wildman–Crippen MR) is 342 cm³/mol. The lowest BCUT2D eigenvalue weighted by Gasteiger charge is -2.26. The van der Waals surface area contributed by atoms with E-state index in [1.807, 2.05) is 21.1 Å². The molecule has 0 aromatic carbocycles. The number of phosphoric ester groups is 1. The fraction of sp³-hybridized carbons (Fsp3) is 0.986. The number of hydrogen-bond acceptors (Lipinski definition) is 5. The second kappa shape index (κ2) is 61.1. The van der Waals surface area contributed by atoms with Crippen molar-refractivity contribution < 1.29 is 32.9 Å². The molecule has 8 nitrogen and oxygen atoms in total. The number of carbonyl (C=O) groups is 1. The van der Waals surface area contributed by atoms with E-state index in [9.17, 15) is 19.4 Å². The molecule has 0 aliphatic rings. The van der Waals surface area contributed by atoms with Crippen LogP contribution in [0, 0.1) is 0 Å². The average Bonchev–Trinajstić information content (AvgIpc) is 3.41. The molecule has 78 heavy (non-hydrogen) atoms. The van der Waals surface area contributed by atoms with E-state index in [0.29, 0.717) is 23.9 Å². The molecule has 0 radical (unpaired) electrons. The first-order valence-corrected chi connectivity index (χ1v) is 36.9. The molecule has 3 atom stereocenters. The van der Waals surface area contributed by atoms with Crippen molar-refractivity contribution in [1.82, 2.24) is 5.32 Å². The lowest BCUT2D eigenvalue weighted by Crippen LogP contribution is -2.46. The molecule has 0 bridgehead atoms. The normalized spacial score (nSPS) is 13.6. The van der Waals surface area contributed by atoms with Crippen LogP contribution in [0.3, 0.4) is 0 Å². The lowest BCUT2D eigenvalue weighted by atomic mass is 10.0. The molecule has 3 N–H and O–H groups in total. The smallest absolute Gasteiger partial charge is 0.391 e. The molecule has 0 fully saturated rings. The number of hydrogen-bond donors (Lipinski definition) is 3. The van der Waals surface area contributed by atoms with Crippen molar-refractivity contribution in [2.45, 2.75) is 398 Å². The van der Waals surface area contributed by atoms with E-state index in [2.05, 4.69) is 19.2 Å². The van der Waals surface area contributed by atoms with Crippen LogP contribution < -0.4 is 5.32 Å². The Hall–Kier alpha value is -0.500.